The molecule has 3 aromatic carbocycles. The van der Waals surface area contributed by atoms with Crippen molar-refractivity contribution in [2.45, 2.75) is 44.5 Å². The summed E-state index contributed by atoms with van der Waals surface area (Å²) < 4.78 is 96.7. The molecule has 1 heterocycles. The molecule has 1 aliphatic heterocycles. The van der Waals surface area contributed by atoms with E-state index in [9.17, 15) is 19.2 Å². The zero-order chi connectivity index (χ0) is 39.0. The van der Waals surface area contributed by atoms with Gasteiger partial charge in [-0.3, -0.25) is 24.2 Å². The first-order valence-corrected chi connectivity index (χ1v) is 16.4. The van der Waals surface area contributed by atoms with E-state index in [1.807, 2.05) is 18.2 Å². The Morgan fingerprint density at radius 2 is 1.45 bits per heavy atom. The number of allylic oxidation sites excluding steroid dienone is 5. The van der Waals surface area contributed by atoms with Gasteiger partial charge in [-0.2, -0.15) is 26.3 Å². The lowest BCUT2D eigenvalue weighted by Gasteiger charge is -2.38. The van der Waals surface area contributed by atoms with Crippen molar-refractivity contribution in [2.75, 3.05) is 26.0 Å². The van der Waals surface area contributed by atoms with Crippen LogP contribution in [-0.4, -0.2) is 67.5 Å². The molecule has 3 aromatic rings. The highest BCUT2D eigenvalue weighted by atomic mass is 19.4. The summed E-state index contributed by atoms with van der Waals surface area (Å²) in [6, 6.07) is 8.87. The highest BCUT2D eigenvalue weighted by molar-refractivity contribution is 6.34. The fourth-order valence-corrected chi connectivity index (χ4v) is 6.23. The van der Waals surface area contributed by atoms with Crippen LogP contribution >= 0.6 is 0 Å². The van der Waals surface area contributed by atoms with Gasteiger partial charge in [0.1, 0.15) is 11.5 Å². The molecular formula is C39H35F6N3O5. The molecule has 53 heavy (non-hydrogen) atoms. The third-order valence-corrected chi connectivity index (χ3v) is 9.53. The van der Waals surface area contributed by atoms with Crippen molar-refractivity contribution < 1.29 is 50.3 Å². The van der Waals surface area contributed by atoms with Crippen LogP contribution in [0, 0.1) is 5.92 Å². The van der Waals surface area contributed by atoms with E-state index in [1.165, 1.54) is 50.4 Å². The Morgan fingerprint density at radius 1 is 0.849 bits per heavy atom. The summed E-state index contributed by atoms with van der Waals surface area (Å²) in [6.07, 6.45) is -2.69. The number of carbonyl (C=O) groups excluding carboxylic acids is 4. The normalized spacial score (nSPS) is 15.5. The van der Waals surface area contributed by atoms with E-state index in [2.05, 4.69) is 19.9 Å². The second kappa shape index (κ2) is 14.5. The number of hydrogen-bond acceptors (Lipinski definition) is 6. The topological polar surface area (TPSA) is 87.2 Å². The summed E-state index contributed by atoms with van der Waals surface area (Å²) in [5.74, 6) is -1.87. The number of carbonyl (C=O) groups is 4. The van der Waals surface area contributed by atoms with Gasteiger partial charge in [-0.1, -0.05) is 44.2 Å². The molecule has 0 bridgehead atoms. The number of benzene rings is 3. The van der Waals surface area contributed by atoms with Crippen molar-refractivity contribution in [3.05, 3.63) is 130 Å². The van der Waals surface area contributed by atoms with Crippen molar-refractivity contribution in [3.8, 4) is 5.75 Å². The number of hydrogen-bond donors (Lipinski definition) is 0. The molecule has 0 saturated carbocycles. The molecule has 0 radical (unpaired) electrons. The SMILES string of the molecule is CCC(C)C1=CCC=C(Oc2ccc(N3C(=O)c4ccc(C(c5ccc(C=O)c(C(=O)N(C)N(C)C)c5)(C(F)(F)F)C(F)(F)F)cc4C3=O)cc2)C=C1. The Hall–Kier alpha value is -5.50. The maximum atomic E-state index is 15.1. The molecule has 0 aromatic heterocycles. The summed E-state index contributed by atoms with van der Waals surface area (Å²) in [7, 11) is 4.02. The number of fused-ring (bicyclic) bond motifs is 1. The molecule has 3 amide bonds. The standard InChI is InChI=1S/C39H35F6N3O5/c1-6-23(2)24-8-7-9-29(16-11-24)53-30-17-14-28(15-18-30)48-35(51)31-19-13-27(21-33(31)36(48)52)37(38(40,41)42,39(43,44)45)26-12-10-25(22-49)32(20-26)34(50)47(5)46(3)4/h8-23H,6-7H2,1-5H3. The third kappa shape index (κ3) is 6.90. The average molecular weight is 740 g/mol. The monoisotopic (exact) mass is 739 g/mol. The van der Waals surface area contributed by atoms with Crippen LogP contribution in [-0.2, 0) is 5.41 Å². The van der Waals surface area contributed by atoms with Crippen LogP contribution in [0.4, 0.5) is 32.0 Å². The maximum Gasteiger partial charge on any atom is 0.411 e. The Balaban J connectivity index is 1.53. The van der Waals surface area contributed by atoms with Gasteiger partial charge in [0.15, 0.2) is 6.29 Å². The first kappa shape index (κ1) is 38.7. The van der Waals surface area contributed by atoms with Gasteiger partial charge >= 0.3 is 12.4 Å². The van der Waals surface area contributed by atoms with E-state index in [1.54, 1.807) is 0 Å². The van der Waals surface area contributed by atoms with Gasteiger partial charge in [-0.25, -0.2) is 9.91 Å². The van der Waals surface area contributed by atoms with Gasteiger partial charge in [0.05, 0.1) is 22.4 Å². The van der Waals surface area contributed by atoms with Crippen molar-refractivity contribution in [2.24, 2.45) is 5.92 Å². The molecule has 0 fully saturated rings. The van der Waals surface area contributed by atoms with Crippen molar-refractivity contribution >= 4 is 29.7 Å². The number of imide groups is 1. The van der Waals surface area contributed by atoms with Crippen molar-refractivity contribution in [1.29, 1.82) is 0 Å². The van der Waals surface area contributed by atoms with Crippen LogP contribution in [0.1, 0.15) is 79.2 Å². The molecule has 1 aliphatic carbocycles. The first-order valence-electron chi connectivity index (χ1n) is 16.4. The van der Waals surface area contributed by atoms with Crippen molar-refractivity contribution in [3.63, 3.8) is 0 Å². The molecule has 0 spiro atoms. The van der Waals surface area contributed by atoms with Gasteiger partial charge in [-0.15, -0.1) is 0 Å². The number of nitrogens with zero attached hydrogens (tertiary/aromatic N) is 3. The van der Waals surface area contributed by atoms with E-state index < -0.39 is 68.9 Å². The average Bonchev–Trinajstić information content (AvgIpc) is 3.22. The number of halogens is 6. The van der Waals surface area contributed by atoms with Gasteiger partial charge in [-0.05, 0) is 90.1 Å². The Bertz CT molecular complexity index is 2030. The summed E-state index contributed by atoms with van der Waals surface area (Å²) in [5, 5.41) is 2.11. The van der Waals surface area contributed by atoms with Crippen LogP contribution in [0.15, 0.2) is 96.3 Å². The van der Waals surface area contributed by atoms with Crippen LogP contribution in [0.25, 0.3) is 0 Å². The van der Waals surface area contributed by atoms with E-state index >= 15 is 26.3 Å². The summed E-state index contributed by atoms with van der Waals surface area (Å²) in [6.45, 7) is 4.20. The fraction of sp³-hybridized carbons (Fsp3) is 0.282. The van der Waals surface area contributed by atoms with Gasteiger partial charge in [0, 0.05) is 26.7 Å². The van der Waals surface area contributed by atoms with Crippen LogP contribution in [0.5, 0.6) is 5.75 Å². The molecule has 8 nitrogen and oxygen atoms in total. The minimum atomic E-state index is -6.09. The van der Waals surface area contributed by atoms with E-state index in [0.717, 1.165) is 23.1 Å². The minimum Gasteiger partial charge on any atom is -0.458 e. The van der Waals surface area contributed by atoms with Gasteiger partial charge in [0.25, 0.3) is 17.7 Å². The zero-order valence-electron chi connectivity index (χ0n) is 29.3. The van der Waals surface area contributed by atoms with Gasteiger partial charge in [0.2, 0.25) is 5.41 Å². The summed E-state index contributed by atoms with van der Waals surface area (Å²) in [5.41, 5.74) is -8.70. The molecule has 14 heteroatoms. The highest BCUT2D eigenvalue weighted by Crippen LogP contribution is 2.57. The highest BCUT2D eigenvalue weighted by Gasteiger charge is 2.72. The number of amides is 3. The molecule has 0 saturated heterocycles. The number of aldehydes is 1. The lowest BCUT2D eigenvalue weighted by Crippen LogP contribution is -2.55. The summed E-state index contributed by atoms with van der Waals surface area (Å²) in [4.78, 5) is 52.6. The molecule has 1 atom stereocenters. The van der Waals surface area contributed by atoms with E-state index in [-0.39, 0.29) is 12.0 Å². The van der Waals surface area contributed by atoms with Crippen molar-refractivity contribution in [1.82, 2.24) is 10.0 Å². The molecule has 1 unspecified atom stereocenters. The fourth-order valence-electron chi connectivity index (χ4n) is 6.23. The lowest BCUT2D eigenvalue weighted by atomic mass is 9.71. The molecular weight excluding hydrogens is 704 g/mol. The third-order valence-electron chi connectivity index (χ3n) is 9.53. The second-order valence-electron chi connectivity index (χ2n) is 12.8. The van der Waals surface area contributed by atoms with E-state index in [4.69, 9.17) is 4.74 Å². The number of rotatable bonds is 10. The van der Waals surface area contributed by atoms with E-state index in [0.29, 0.717) is 59.1 Å². The zero-order valence-corrected chi connectivity index (χ0v) is 29.3. The van der Waals surface area contributed by atoms with Crippen LogP contribution in [0.3, 0.4) is 0 Å². The smallest absolute Gasteiger partial charge is 0.411 e. The van der Waals surface area contributed by atoms with Crippen LogP contribution in [0.2, 0.25) is 0 Å². The molecule has 2 aliphatic rings. The van der Waals surface area contributed by atoms with Gasteiger partial charge < -0.3 is 4.74 Å². The lowest BCUT2D eigenvalue weighted by molar-refractivity contribution is -0.288. The maximum absolute atomic E-state index is 15.1. The molecule has 278 valence electrons. The first-order chi connectivity index (χ1) is 24.9. The quantitative estimate of drug-likeness (QED) is 0.0898. The Kier molecular flexibility index (Phi) is 10.6. The largest absolute Gasteiger partial charge is 0.458 e. The minimum absolute atomic E-state index is 0.00624. The number of anilines is 1. The molecule has 0 N–H and O–H groups in total. The number of alkyl halides is 6. The Morgan fingerprint density at radius 3 is 2.04 bits per heavy atom. The summed E-state index contributed by atoms with van der Waals surface area (Å²) >= 11 is 0. The number of ether oxygens (including phenoxy) is 1. The predicted molar refractivity (Wildman–Crippen MR) is 185 cm³/mol. The van der Waals surface area contributed by atoms with Crippen LogP contribution < -0.4 is 9.64 Å². The Labute approximate surface area is 301 Å². The predicted octanol–water partition coefficient (Wildman–Crippen LogP) is 8.45. The second-order valence-corrected chi connectivity index (χ2v) is 12.8. The number of hydrazine groups is 1. The molecule has 5 rings (SSSR count).